The Morgan fingerprint density at radius 2 is 2.00 bits per heavy atom. The highest BCUT2D eigenvalue weighted by atomic mass is 15.1. The van der Waals surface area contributed by atoms with Crippen molar-refractivity contribution >= 4 is 11.8 Å². The third kappa shape index (κ3) is 5.05. The Hall–Kier alpha value is -1.32. The van der Waals surface area contributed by atoms with Crippen LogP contribution in [0.1, 0.15) is 58.3 Å². The van der Waals surface area contributed by atoms with Gasteiger partial charge in [-0.15, -0.1) is 0 Å². The molecule has 4 nitrogen and oxygen atoms in total. The van der Waals surface area contributed by atoms with Crippen molar-refractivity contribution in [2.45, 2.75) is 64.3 Å². The van der Waals surface area contributed by atoms with E-state index in [1.165, 1.54) is 44.9 Å². The van der Waals surface area contributed by atoms with Gasteiger partial charge in [-0.25, -0.2) is 4.98 Å². The fourth-order valence-corrected chi connectivity index (χ4v) is 2.53. The first-order chi connectivity index (χ1) is 9.38. The maximum atomic E-state index is 4.54. The fraction of sp³-hybridized carbons (Fsp3) is 0.733. The summed E-state index contributed by atoms with van der Waals surface area (Å²) in [7, 11) is 0. The minimum Gasteiger partial charge on any atom is -0.367 e. The number of rotatable bonds is 6. The molecule has 1 aromatic rings. The van der Waals surface area contributed by atoms with Crippen LogP contribution in [-0.4, -0.2) is 22.6 Å². The van der Waals surface area contributed by atoms with Crippen LogP contribution in [0.15, 0.2) is 12.3 Å². The molecular formula is C15H26N4. The van der Waals surface area contributed by atoms with E-state index in [4.69, 9.17) is 0 Å². The van der Waals surface area contributed by atoms with Crippen LogP contribution in [0, 0.1) is 0 Å². The standard InChI is InChI=1S/C15H26N4/c1-2-3-11-16-15-17-12-10-14(19-15)18-13-8-6-4-5-7-9-13/h10,12-13H,2-9,11H2,1H3,(H2,16,17,18,19). The zero-order valence-corrected chi connectivity index (χ0v) is 12.0. The number of nitrogens with zero attached hydrogens (tertiary/aromatic N) is 2. The molecule has 1 saturated carbocycles. The average molecular weight is 262 g/mol. The molecule has 0 bridgehead atoms. The first kappa shape index (κ1) is 14.1. The van der Waals surface area contributed by atoms with E-state index in [-0.39, 0.29) is 0 Å². The highest BCUT2D eigenvalue weighted by Gasteiger charge is 2.12. The predicted molar refractivity (Wildman–Crippen MR) is 80.5 cm³/mol. The van der Waals surface area contributed by atoms with Gasteiger partial charge in [-0.3, -0.25) is 0 Å². The normalized spacial score (nSPS) is 16.9. The van der Waals surface area contributed by atoms with Crippen LogP contribution in [0.2, 0.25) is 0 Å². The van der Waals surface area contributed by atoms with Crippen LogP contribution in [0.5, 0.6) is 0 Å². The number of nitrogens with one attached hydrogen (secondary N) is 2. The van der Waals surface area contributed by atoms with Gasteiger partial charge in [0.15, 0.2) is 0 Å². The first-order valence-electron chi connectivity index (χ1n) is 7.72. The summed E-state index contributed by atoms with van der Waals surface area (Å²) in [5.74, 6) is 1.70. The average Bonchev–Trinajstić information content (AvgIpc) is 2.68. The van der Waals surface area contributed by atoms with Crippen molar-refractivity contribution < 1.29 is 0 Å². The van der Waals surface area contributed by atoms with Crippen LogP contribution in [-0.2, 0) is 0 Å². The maximum Gasteiger partial charge on any atom is 0.224 e. The van der Waals surface area contributed by atoms with Crippen molar-refractivity contribution in [3.63, 3.8) is 0 Å². The Morgan fingerprint density at radius 3 is 2.74 bits per heavy atom. The van der Waals surface area contributed by atoms with E-state index in [9.17, 15) is 0 Å². The van der Waals surface area contributed by atoms with Gasteiger partial charge in [0.05, 0.1) is 0 Å². The third-order valence-corrected chi connectivity index (χ3v) is 3.68. The molecule has 0 radical (unpaired) electrons. The quantitative estimate of drug-likeness (QED) is 0.604. The van der Waals surface area contributed by atoms with Gasteiger partial charge in [-0.2, -0.15) is 4.98 Å². The number of unbranched alkanes of at least 4 members (excludes halogenated alkanes) is 1. The van der Waals surface area contributed by atoms with E-state index in [0.29, 0.717) is 6.04 Å². The molecule has 0 aliphatic heterocycles. The molecule has 1 heterocycles. The van der Waals surface area contributed by atoms with Crippen LogP contribution in [0.4, 0.5) is 11.8 Å². The third-order valence-electron chi connectivity index (χ3n) is 3.68. The lowest BCUT2D eigenvalue weighted by molar-refractivity contribution is 0.617. The summed E-state index contributed by atoms with van der Waals surface area (Å²) in [4.78, 5) is 8.80. The Bertz CT molecular complexity index is 359. The minimum absolute atomic E-state index is 0.584. The lowest BCUT2D eigenvalue weighted by Gasteiger charge is -2.17. The minimum atomic E-state index is 0.584. The largest absolute Gasteiger partial charge is 0.367 e. The molecule has 0 atom stereocenters. The zero-order chi connectivity index (χ0) is 13.3. The molecule has 1 aliphatic rings. The Morgan fingerprint density at radius 1 is 1.21 bits per heavy atom. The van der Waals surface area contributed by atoms with Gasteiger partial charge in [0.2, 0.25) is 5.95 Å². The number of hydrogen-bond acceptors (Lipinski definition) is 4. The summed E-state index contributed by atoms with van der Waals surface area (Å²) in [5.41, 5.74) is 0. The molecular weight excluding hydrogens is 236 g/mol. The second-order valence-electron chi connectivity index (χ2n) is 5.38. The molecule has 1 aromatic heterocycles. The molecule has 4 heteroatoms. The Kier molecular flexibility index (Phi) is 5.92. The smallest absolute Gasteiger partial charge is 0.224 e. The predicted octanol–water partition coefficient (Wildman–Crippen LogP) is 3.82. The van der Waals surface area contributed by atoms with Gasteiger partial charge in [0.25, 0.3) is 0 Å². The van der Waals surface area contributed by atoms with E-state index in [1.54, 1.807) is 0 Å². The number of aromatic nitrogens is 2. The van der Waals surface area contributed by atoms with E-state index >= 15 is 0 Å². The van der Waals surface area contributed by atoms with Gasteiger partial charge >= 0.3 is 0 Å². The highest BCUT2D eigenvalue weighted by molar-refractivity contribution is 5.40. The van der Waals surface area contributed by atoms with Crippen molar-refractivity contribution in [3.8, 4) is 0 Å². The second kappa shape index (κ2) is 7.97. The summed E-state index contributed by atoms with van der Waals surface area (Å²) in [5, 5.41) is 6.83. The van der Waals surface area contributed by atoms with Gasteiger partial charge < -0.3 is 10.6 Å². The first-order valence-corrected chi connectivity index (χ1v) is 7.72. The van der Waals surface area contributed by atoms with Crippen molar-refractivity contribution in [3.05, 3.63) is 12.3 Å². The highest BCUT2D eigenvalue weighted by Crippen LogP contribution is 2.20. The topological polar surface area (TPSA) is 49.8 Å². The summed E-state index contributed by atoms with van der Waals surface area (Å²) in [6.45, 7) is 3.13. The van der Waals surface area contributed by atoms with Gasteiger partial charge in [0.1, 0.15) is 5.82 Å². The van der Waals surface area contributed by atoms with Crippen molar-refractivity contribution in [1.29, 1.82) is 0 Å². The summed E-state index contributed by atoms with van der Waals surface area (Å²) >= 11 is 0. The molecule has 0 amide bonds. The van der Waals surface area contributed by atoms with Crippen LogP contribution >= 0.6 is 0 Å². The number of anilines is 2. The second-order valence-corrected chi connectivity index (χ2v) is 5.38. The van der Waals surface area contributed by atoms with E-state index in [0.717, 1.165) is 24.7 Å². The molecule has 0 saturated heterocycles. The van der Waals surface area contributed by atoms with Crippen LogP contribution in [0.25, 0.3) is 0 Å². The molecule has 0 unspecified atom stereocenters. The van der Waals surface area contributed by atoms with Gasteiger partial charge in [0, 0.05) is 18.8 Å². The molecule has 0 spiro atoms. The molecule has 2 N–H and O–H groups in total. The van der Waals surface area contributed by atoms with Crippen LogP contribution in [0.3, 0.4) is 0 Å². The van der Waals surface area contributed by atoms with Gasteiger partial charge in [-0.1, -0.05) is 39.0 Å². The van der Waals surface area contributed by atoms with Crippen molar-refractivity contribution in [2.24, 2.45) is 0 Å². The monoisotopic (exact) mass is 262 g/mol. The lowest BCUT2D eigenvalue weighted by atomic mass is 10.1. The molecule has 1 fully saturated rings. The molecule has 19 heavy (non-hydrogen) atoms. The maximum absolute atomic E-state index is 4.54. The molecule has 106 valence electrons. The molecule has 0 aromatic carbocycles. The van der Waals surface area contributed by atoms with E-state index in [1.807, 2.05) is 12.3 Å². The van der Waals surface area contributed by atoms with E-state index in [2.05, 4.69) is 27.5 Å². The summed E-state index contributed by atoms with van der Waals surface area (Å²) < 4.78 is 0. The molecule has 1 aliphatic carbocycles. The lowest BCUT2D eigenvalue weighted by Crippen LogP contribution is -2.19. The Balaban J connectivity index is 1.86. The Labute approximate surface area is 116 Å². The van der Waals surface area contributed by atoms with Crippen molar-refractivity contribution in [1.82, 2.24) is 9.97 Å². The number of hydrogen-bond donors (Lipinski definition) is 2. The SMILES string of the molecule is CCCCNc1nccc(NC2CCCCCC2)n1. The van der Waals surface area contributed by atoms with Crippen LogP contribution < -0.4 is 10.6 Å². The van der Waals surface area contributed by atoms with Crippen molar-refractivity contribution in [2.75, 3.05) is 17.2 Å². The summed E-state index contributed by atoms with van der Waals surface area (Å²) in [6.07, 6.45) is 12.1. The van der Waals surface area contributed by atoms with E-state index < -0.39 is 0 Å². The summed E-state index contributed by atoms with van der Waals surface area (Å²) in [6, 6.07) is 2.55. The zero-order valence-electron chi connectivity index (χ0n) is 12.0. The fourth-order valence-electron chi connectivity index (χ4n) is 2.53. The molecule has 2 rings (SSSR count). The van der Waals surface area contributed by atoms with Gasteiger partial charge in [-0.05, 0) is 25.3 Å².